The molecule has 1 aliphatic heterocycles. The standard InChI is InChI=1S/C16H22N4S/c1-2-11-6-12-15(18-9-19-16(12)21-11)20-7-10-4-3-5-14(17)13(10)8-20/h6,9-10,13-14H,2-5,7-8,17H2,1H3. The van der Waals surface area contributed by atoms with Crippen molar-refractivity contribution < 1.29 is 0 Å². The maximum Gasteiger partial charge on any atom is 0.140 e. The number of aryl methyl sites for hydroxylation is 1. The van der Waals surface area contributed by atoms with Gasteiger partial charge in [-0.05, 0) is 37.2 Å². The zero-order valence-corrected chi connectivity index (χ0v) is 13.3. The van der Waals surface area contributed by atoms with Gasteiger partial charge < -0.3 is 10.6 Å². The SMILES string of the molecule is CCc1cc2c(N3CC4CCCC(N)C4C3)ncnc2s1. The van der Waals surface area contributed by atoms with Gasteiger partial charge in [0.2, 0.25) is 0 Å². The highest BCUT2D eigenvalue weighted by molar-refractivity contribution is 7.18. The predicted molar refractivity (Wildman–Crippen MR) is 87.8 cm³/mol. The molecule has 0 radical (unpaired) electrons. The Hall–Kier alpha value is -1.20. The molecule has 1 aliphatic carbocycles. The maximum absolute atomic E-state index is 6.34. The molecule has 0 amide bonds. The highest BCUT2D eigenvalue weighted by Crippen LogP contribution is 2.39. The number of hydrogen-bond donors (Lipinski definition) is 1. The van der Waals surface area contributed by atoms with Gasteiger partial charge in [0.05, 0.1) is 5.39 Å². The van der Waals surface area contributed by atoms with E-state index in [2.05, 4.69) is 27.9 Å². The Labute approximate surface area is 129 Å². The quantitative estimate of drug-likeness (QED) is 0.927. The molecule has 2 aromatic rings. The number of nitrogens with two attached hydrogens (primary N) is 1. The lowest BCUT2D eigenvalue weighted by atomic mass is 9.78. The lowest BCUT2D eigenvalue weighted by molar-refractivity contribution is 0.260. The Kier molecular flexibility index (Phi) is 3.34. The summed E-state index contributed by atoms with van der Waals surface area (Å²) in [5, 5.41) is 1.23. The third kappa shape index (κ3) is 2.23. The summed E-state index contributed by atoms with van der Waals surface area (Å²) in [6.45, 7) is 4.37. The molecule has 1 saturated carbocycles. The first-order chi connectivity index (χ1) is 10.3. The molecule has 112 valence electrons. The second-order valence-corrected chi connectivity index (χ2v) is 7.52. The van der Waals surface area contributed by atoms with Gasteiger partial charge >= 0.3 is 0 Å². The highest BCUT2D eigenvalue weighted by atomic mass is 32.1. The number of nitrogens with zero attached hydrogens (tertiary/aromatic N) is 3. The zero-order chi connectivity index (χ0) is 14.4. The van der Waals surface area contributed by atoms with Gasteiger partial charge in [-0.1, -0.05) is 13.3 Å². The summed E-state index contributed by atoms with van der Waals surface area (Å²) < 4.78 is 0. The van der Waals surface area contributed by atoms with Crippen molar-refractivity contribution in [2.24, 2.45) is 17.6 Å². The van der Waals surface area contributed by atoms with Crippen LogP contribution in [0.15, 0.2) is 12.4 Å². The highest BCUT2D eigenvalue weighted by Gasteiger charge is 2.39. The molecule has 5 heteroatoms. The number of rotatable bonds is 2. The summed E-state index contributed by atoms with van der Waals surface area (Å²) in [5.74, 6) is 2.52. The third-order valence-corrected chi connectivity index (χ3v) is 6.35. The Morgan fingerprint density at radius 3 is 3.05 bits per heavy atom. The summed E-state index contributed by atoms with van der Waals surface area (Å²) in [4.78, 5) is 14.0. The second kappa shape index (κ2) is 5.21. The van der Waals surface area contributed by atoms with Crippen LogP contribution >= 0.6 is 11.3 Å². The van der Waals surface area contributed by atoms with E-state index in [0.29, 0.717) is 12.0 Å². The van der Waals surface area contributed by atoms with Gasteiger partial charge in [0.15, 0.2) is 0 Å². The molecule has 0 aromatic carbocycles. The molecule has 3 heterocycles. The van der Waals surface area contributed by atoms with Crippen LogP contribution in [0.25, 0.3) is 10.2 Å². The molecule has 2 aromatic heterocycles. The summed E-state index contributed by atoms with van der Waals surface area (Å²) in [6, 6.07) is 2.65. The average Bonchev–Trinajstić information content (AvgIpc) is 3.10. The van der Waals surface area contributed by atoms with Crippen molar-refractivity contribution in [1.82, 2.24) is 9.97 Å². The van der Waals surface area contributed by atoms with Crippen LogP contribution in [-0.2, 0) is 6.42 Å². The third-order valence-electron chi connectivity index (χ3n) is 5.16. The van der Waals surface area contributed by atoms with Crippen molar-refractivity contribution >= 4 is 27.4 Å². The first-order valence-corrected chi connectivity index (χ1v) is 8.82. The molecule has 21 heavy (non-hydrogen) atoms. The monoisotopic (exact) mass is 302 g/mol. The van der Waals surface area contributed by atoms with Gasteiger partial charge in [-0.3, -0.25) is 0 Å². The van der Waals surface area contributed by atoms with Gasteiger partial charge in [-0.2, -0.15) is 0 Å². The number of hydrogen-bond acceptors (Lipinski definition) is 5. The average molecular weight is 302 g/mol. The maximum atomic E-state index is 6.34. The summed E-state index contributed by atoms with van der Waals surface area (Å²) in [5.41, 5.74) is 6.34. The minimum atomic E-state index is 0.375. The summed E-state index contributed by atoms with van der Waals surface area (Å²) >= 11 is 1.79. The Morgan fingerprint density at radius 1 is 1.33 bits per heavy atom. The van der Waals surface area contributed by atoms with Crippen molar-refractivity contribution in [2.45, 2.75) is 38.6 Å². The zero-order valence-electron chi connectivity index (χ0n) is 12.5. The van der Waals surface area contributed by atoms with Crippen LogP contribution in [0.3, 0.4) is 0 Å². The topological polar surface area (TPSA) is 55.0 Å². The van der Waals surface area contributed by atoms with E-state index < -0.39 is 0 Å². The van der Waals surface area contributed by atoms with Gasteiger partial charge in [-0.15, -0.1) is 11.3 Å². The molecular formula is C16H22N4S. The van der Waals surface area contributed by atoms with E-state index in [4.69, 9.17) is 5.73 Å². The molecule has 2 aliphatic rings. The smallest absolute Gasteiger partial charge is 0.140 e. The van der Waals surface area contributed by atoms with Crippen LogP contribution in [0, 0.1) is 11.8 Å². The molecule has 3 unspecified atom stereocenters. The van der Waals surface area contributed by atoms with Crippen LogP contribution < -0.4 is 10.6 Å². The minimum absolute atomic E-state index is 0.375. The van der Waals surface area contributed by atoms with Crippen molar-refractivity contribution in [1.29, 1.82) is 0 Å². The van der Waals surface area contributed by atoms with Gasteiger partial charge in [0.1, 0.15) is 17.0 Å². The van der Waals surface area contributed by atoms with Crippen molar-refractivity contribution in [3.8, 4) is 0 Å². The van der Waals surface area contributed by atoms with Crippen LogP contribution in [-0.4, -0.2) is 29.1 Å². The van der Waals surface area contributed by atoms with E-state index in [1.54, 1.807) is 17.7 Å². The molecule has 0 bridgehead atoms. The summed E-state index contributed by atoms with van der Waals surface area (Å²) in [7, 11) is 0. The fourth-order valence-electron chi connectivity index (χ4n) is 4.01. The van der Waals surface area contributed by atoms with Crippen LogP contribution in [0.1, 0.15) is 31.1 Å². The van der Waals surface area contributed by atoms with Crippen molar-refractivity contribution in [3.05, 3.63) is 17.3 Å². The van der Waals surface area contributed by atoms with Crippen LogP contribution in [0.2, 0.25) is 0 Å². The van der Waals surface area contributed by atoms with E-state index in [9.17, 15) is 0 Å². The van der Waals surface area contributed by atoms with E-state index in [0.717, 1.165) is 36.1 Å². The molecule has 1 saturated heterocycles. The molecule has 0 spiro atoms. The Morgan fingerprint density at radius 2 is 2.24 bits per heavy atom. The Balaban J connectivity index is 1.69. The normalized spacial score (nSPS) is 29.0. The van der Waals surface area contributed by atoms with E-state index >= 15 is 0 Å². The molecule has 2 fully saturated rings. The molecule has 4 rings (SSSR count). The fourth-order valence-corrected chi connectivity index (χ4v) is 4.94. The number of anilines is 1. The van der Waals surface area contributed by atoms with Gasteiger partial charge in [0, 0.05) is 24.0 Å². The molecule has 4 nitrogen and oxygen atoms in total. The molecular weight excluding hydrogens is 280 g/mol. The molecule has 3 atom stereocenters. The first-order valence-electron chi connectivity index (χ1n) is 8.00. The number of thiophene rings is 1. The Bertz CT molecular complexity index is 653. The first kappa shape index (κ1) is 13.5. The van der Waals surface area contributed by atoms with Crippen molar-refractivity contribution in [2.75, 3.05) is 18.0 Å². The lowest BCUT2D eigenvalue weighted by Gasteiger charge is -2.29. The lowest BCUT2D eigenvalue weighted by Crippen LogP contribution is -2.38. The molecule has 2 N–H and O–H groups in total. The van der Waals surface area contributed by atoms with Crippen molar-refractivity contribution in [3.63, 3.8) is 0 Å². The number of fused-ring (bicyclic) bond motifs is 2. The number of aromatic nitrogens is 2. The van der Waals surface area contributed by atoms with Crippen LogP contribution in [0.4, 0.5) is 5.82 Å². The van der Waals surface area contributed by atoms with Crippen LogP contribution in [0.5, 0.6) is 0 Å². The van der Waals surface area contributed by atoms with E-state index in [1.165, 1.54) is 29.5 Å². The van der Waals surface area contributed by atoms with E-state index in [1.807, 2.05) is 0 Å². The minimum Gasteiger partial charge on any atom is -0.355 e. The predicted octanol–water partition coefficient (Wildman–Crippen LogP) is 2.82. The summed E-state index contributed by atoms with van der Waals surface area (Å²) in [6.07, 6.45) is 6.58. The van der Waals surface area contributed by atoms with Gasteiger partial charge in [0.25, 0.3) is 0 Å². The second-order valence-electron chi connectivity index (χ2n) is 6.41. The largest absolute Gasteiger partial charge is 0.355 e. The van der Waals surface area contributed by atoms with E-state index in [-0.39, 0.29) is 0 Å². The van der Waals surface area contributed by atoms with Gasteiger partial charge in [-0.25, -0.2) is 9.97 Å². The fraction of sp³-hybridized carbons (Fsp3) is 0.625.